The third-order valence-corrected chi connectivity index (χ3v) is 3.50. The maximum absolute atomic E-state index is 11.3. The predicted octanol–water partition coefficient (Wildman–Crippen LogP) is 2.99. The van der Waals surface area contributed by atoms with E-state index >= 15 is 0 Å². The van der Waals surface area contributed by atoms with Crippen LogP contribution in [0.25, 0.3) is 0 Å². The lowest BCUT2D eigenvalue weighted by Crippen LogP contribution is -2.09. The third kappa shape index (κ3) is 3.25. The first-order valence-corrected chi connectivity index (χ1v) is 6.65. The molecule has 0 atom stereocenters. The van der Waals surface area contributed by atoms with E-state index in [-0.39, 0.29) is 16.7 Å². The Labute approximate surface area is 127 Å². The number of carboxylic acids is 2. The summed E-state index contributed by atoms with van der Waals surface area (Å²) in [6.07, 6.45) is 0.449. The van der Waals surface area contributed by atoms with Crippen molar-refractivity contribution < 1.29 is 24.5 Å². The van der Waals surface area contributed by atoms with E-state index in [1.807, 2.05) is 12.1 Å². The van der Waals surface area contributed by atoms with E-state index in [1.54, 1.807) is 19.2 Å². The van der Waals surface area contributed by atoms with Crippen LogP contribution in [0, 0.1) is 6.92 Å². The van der Waals surface area contributed by atoms with E-state index < -0.39 is 11.9 Å². The van der Waals surface area contributed by atoms with Gasteiger partial charge in [0.25, 0.3) is 0 Å². The average Bonchev–Trinajstić information content (AvgIpc) is 2.49. The summed E-state index contributed by atoms with van der Waals surface area (Å²) in [7, 11) is 1.58. The SMILES string of the molecule is COc1ccc(Cc2cc(C(=O)O)c(C)c(C(=O)O)c2)cc1. The van der Waals surface area contributed by atoms with Crippen LogP contribution in [-0.4, -0.2) is 29.3 Å². The monoisotopic (exact) mass is 300 g/mol. The molecule has 2 N–H and O–H groups in total. The molecular formula is C17H16O5. The molecule has 0 aliphatic carbocycles. The van der Waals surface area contributed by atoms with Crippen LogP contribution < -0.4 is 4.74 Å². The van der Waals surface area contributed by atoms with Crippen molar-refractivity contribution in [3.63, 3.8) is 0 Å². The molecule has 0 spiro atoms. The van der Waals surface area contributed by atoms with Crippen LogP contribution in [0.5, 0.6) is 5.75 Å². The molecule has 2 aromatic carbocycles. The molecule has 0 aliphatic heterocycles. The van der Waals surface area contributed by atoms with Crippen molar-refractivity contribution in [3.8, 4) is 5.75 Å². The number of carbonyl (C=O) groups is 2. The topological polar surface area (TPSA) is 83.8 Å². The Morgan fingerprint density at radius 2 is 1.45 bits per heavy atom. The van der Waals surface area contributed by atoms with Gasteiger partial charge in [0, 0.05) is 0 Å². The highest BCUT2D eigenvalue weighted by Crippen LogP contribution is 2.21. The fourth-order valence-corrected chi connectivity index (χ4v) is 2.30. The van der Waals surface area contributed by atoms with Gasteiger partial charge < -0.3 is 14.9 Å². The minimum atomic E-state index is -1.13. The molecule has 0 bridgehead atoms. The van der Waals surface area contributed by atoms with Crippen LogP contribution in [0.4, 0.5) is 0 Å². The fourth-order valence-electron chi connectivity index (χ4n) is 2.30. The number of methoxy groups -OCH3 is 1. The Balaban J connectivity index is 2.41. The molecule has 0 saturated carbocycles. The molecule has 2 rings (SSSR count). The van der Waals surface area contributed by atoms with Crippen molar-refractivity contribution >= 4 is 11.9 Å². The summed E-state index contributed by atoms with van der Waals surface area (Å²) in [6.45, 7) is 1.50. The Bertz CT molecular complexity index is 681. The average molecular weight is 300 g/mol. The molecule has 0 heterocycles. The number of rotatable bonds is 5. The van der Waals surface area contributed by atoms with Crippen LogP contribution in [0.2, 0.25) is 0 Å². The second kappa shape index (κ2) is 6.30. The maximum Gasteiger partial charge on any atom is 0.335 e. The Kier molecular flexibility index (Phi) is 4.46. The maximum atomic E-state index is 11.3. The molecule has 2 aromatic rings. The van der Waals surface area contributed by atoms with Crippen LogP contribution in [-0.2, 0) is 6.42 Å². The normalized spacial score (nSPS) is 10.3. The summed E-state index contributed by atoms with van der Waals surface area (Å²) < 4.78 is 5.08. The van der Waals surface area contributed by atoms with Crippen molar-refractivity contribution in [2.24, 2.45) is 0 Å². The minimum absolute atomic E-state index is 0.0170. The van der Waals surface area contributed by atoms with Crippen molar-refractivity contribution in [1.29, 1.82) is 0 Å². The number of ether oxygens (including phenoxy) is 1. The van der Waals surface area contributed by atoms with Gasteiger partial charge in [0.15, 0.2) is 0 Å². The number of hydrogen-bond donors (Lipinski definition) is 2. The zero-order chi connectivity index (χ0) is 16.3. The molecule has 5 heteroatoms. The predicted molar refractivity (Wildman–Crippen MR) is 80.9 cm³/mol. The lowest BCUT2D eigenvalue weighted by atomic mass is 9.95. The van der Waals surface area contributed by atoms with E-state index in [9.17, 15) is 19.8 Å². The Hall–Kier alpha value is -2.82. The van der Waals surface area contributed by atoms with Crippen LogP contribution in [0.1, 0.15) is 37.4 Å². The van der Waals surface area contributed by atoms with Gasteiger partial charge in [-0.2, -0.15) is 0 Å². The Morgan fingerprint density at radius 1 is 0.955 bits per heavy atom. The zero-order valence-corrected chi connectivity index (χ0v) is 12.3. The van der Waals surface area contributed by atoms with Crippen LogP contribution in [0.3, 0.4) is 0 Å². The summed E-state index contributed by atoms with van der Waals surface area (Å²) in [5.74, 6) is -1.53. The van der Waals surface area contributed by atoms with E-state index in [0.717, 1.165) is 11.3 Å². The molecule has 22 heavy (non-hydrogen) atoms. The molecule has 114 valence electrons. The van der Waals surface area contributed by atoms with Gasteiger partial charge in [-0.25, -0.2) is 9.59 Å². The minimum Gasteiger partial charge on any atom is -0.497 e. The van der Waals surface area contributed by atoms with Crippen molar-refractivity contribution in [2.45, 2.75) is 13.3 Å². The molecule has 5 nitrogen and oxygen atoms in total. The van der Waals surface area contributed by atoms with Gasteiger partial charge in [0.1, 0.15) is 5.75 Å². The van der Waals surface area contributed by atoms with Gasteiger partial charge in [-0.05, 0) is 54.3 Å². The van der Waals surface area contributed by atoms with Gasteiger partial charge in [0.05, 0.1) is 18.2 Å². The second-order valence-corrected chi connectivity index (χ2v) is 4.95. The van der Waals surface area contributed by atoms with E-state index in [2.05, 4.69) is 0 Å². The van der Waals surface area contributed by atoms with Gasteiger partial charge in [-0.1, -0.05) is 12.1 Å². The molecular weight excluding hydrogens is 284 g/mol. The zero-order valence-electron chi connectivity index (χ0n) is 12.3. The fraction of sp³-hybridized carbons (Fsp3) is 0.176. The standard InChI is InChI=1S/C17H16O5/c1-10-14(16(18)19)8-12(9-15(10)17(20)21)7-11-3-5-13(22-2)6-4-11/h3-6,8-9H,7H2,1-2H3,(H,18,19)(H,20,21). The number of benzene rings is 2. The molecule has 0 fully saturated rings. The van der Waals surface area contributed by atoms with E-state index in [4.69, 9.17) is 4.74 Å². The van der Waals surface area contributed by atoms with Crippen molar-refractivity contribution in [2.75, 3.05) is 7.11 Å². The summed E-state index contributed by atoms with van der Waals surface area (Å²) in [4.78, 5) is 22.6. The third-order valence-electron chi connectivity index (χ3n) is 3.50. The highest BCUT2D eigenvalue weighted by atomic mass is 16.5. The second-order valence-electron chi connectivity index (χ2n) is 4.95. The van der Waals surface area contributed by atoms with Crippen LogP contribution in [0.15, 0.2) is 36.4 Å². The van der Waals surface area contributed by atoms with Crippen molar-refractivity contribution in [3.05, 3.63) is 64.2 Å². The molecule has 0 saturated heterocycles. The van der Waals surface area contributed by atoms with E-state index in [1.165, 1.54) is 19.1 Å². The van der Waals surface area contributed by atoms with Gasteiger partial charge in [0.2, 0.25) is 0 Å². The molecule has 0 amide bonds. The molecule has 0 radical (unpaired) electrons. The first-order valence-electron chi connectivity index (χ1n) is 6.65. The highest BCUT2D eigenvalue weighted by Gasteiger charge is 2.17. The van der Waals surface area contributed by atoms with Gasteiger partial charge in [-0.15, -0.1) is 0 Å². The van der Waals surface area contributed by atoms with E-state index in [0.29, 0.717) is 12.0 Å². The molecule has 0 aromatic heterocycles. The first kappa shape index (κ1) is 15.6. The summed E-state index contributed by atoms with van der Waals surface area (Å²) >= 11 is 0. The largest absolute Gasteiger partial charge is 0.497 e. The Morgan fingerprint density at radius 3 is 1.86 bits per heavy atom. The van der Waals surface area contributed by atoms with Gasteiger partial charge >= 0.3 is 11.9 Å². The lowest BCUT2D eigenvalue weighted by molar-refractivity contribution is 0.0696. The number of carboxylic acid groups (broad SMARTS) is 2. The number of hydrogen-bond acceptors (Lipinski definition) is 3. The quantitative estimate of drug-likeness (QED) is 0.886. The summed E-state index contributed by atoms with van der Waals surface area (Å²) in [5.41, 5.74) is 1.88. The van der Waals surface area contributed by atoms with Gasteiger partial charge in [-0.3, -0.25) is 0 Å². The summed E-state index contributed by atoms with van der Waals surface area (Å²) in [5, 5.41) is 18.4. The lowest BCUT2D eigenvalue weighted by Gasteiger charge is -2.10. The first-order chi connectivity index (χ1) is 10.4. The highest BCUT2D eigenvalue weighted by molar-refractivity contribution is 5.96. The summed E-state index contributed by atoms with van der Waals surface area (Å²) in [6, 6.07) is 10.4. The smallest absolute Gasteiger partial charge is 0.335 e. The van der Waals surface area contributed by atoms with Crippen LogP contribution >= 0.6 is 0 Å². The molecule has 0 aliphatic rings. The molecule has 0 unspecified atom stereocenters. The van der Waals surface area contributed by atoms with Crippen molar-refractivity contribution in [1.82, 2.24) is 0 Å². The number of aromatic carboxylic acids is 2.